The molecule has 126 valence electrons. The lowest BCUT2D eigenvalue weighted by molar-refractivity contribution is 0.122. The van der Waals surface area contributed by atoms with E-state index >= 15 is 0 Å². The van der Waals surface area contributed by atoms with Crippen molar-refractivity contribution in [2.75, 3.05) is 42.6 Å². The molecule has 2 aromatic rings. The second-order valence-electron chi connectivity index (χ2n) is 6.24. The van der Waals surface area contributed by atoms with Crippen LogP contribution in [0, 0.1) is 5.82 Å². The summed E-state index contributed by atoms with van der Waals surface area (Å²) in [5.41, 5.74) is 1.01. The number of morpholine rings is 1. The summed E-state index contributed by atoms with van der Waals surface area (Å²) in [6, 6.07) is 9.12. The molecule has 1 unspecified atom stereocenters. The van der Waals surface area contributed by atoms with Crippen LogP contribution in [0.2, 0.25) is 0 Å². The predicted octanol–water partition coefficient (Wildman–Crippen LogP) is 2.79. The third-order valence-corrected chi connectivity index (χ3v) is 4.75. The SMILES string of the molecule is Fc1cccc(C2CCCN2c2cc(N3CCOCC3)ncn2)c1. The molecule has 0 radical (unpaired) electrons. The largest absolute Gasteiger partial charge is 0.378 e. The Kier molecular flexibility index (Phi) is 4.30. The molecule has 4 rings (SSSR count). The number of benzene rings is 1. The molecule has 0 spiro atoms. The average Bonchev–Trinajstić information content (AvgIpc) is 3.12. The topological polar surface area (TPSA) is 41.5 Å². The number of aromatic nitrogens is 2. The highest BCUT2D eigenvalue weighted by atomic mass is 19.1. The Labute approximate surface area is 141 Å². The monoisotopic (exact) mass is 328 g/mol. The van der Waals surface area contributed by atoms with Gasteiger partial charge in [-0.05, 0) is 30.5 Å². The Morgan fingerprint density at radius 3 is 2.71 bits per heavy atom. The molecule has 0 N–H and O–H groups in total. The molecule has 2 aliphatic heterocycles. The molecule has 0 amide bonds. The van der Waals surface area contributed by atoms with Crippen molar-refractivity contribution in [3.05, 3.63) is 48.0 Å². The van der Waals surface area contributed by atoms with Gasteiger partial charge in [-0.2, -0.15) is 0 Å². The molecular weight excluding hydrogens is 307 g/mol. The molecular formula is C18H21FN4O. The van der Waals surface area contributed by atoms with Crippen LogP contribution in [0.3, 0.4) is 0 Å². The molecule has 1 aromatic heterocycles. The second kappa shape index (κ2) is 6.73. The maximum atomic E-state index is 13.6. The quantitative estimate of drug-likeness (QED) is 0.867. The molecule has 2 saturated heterocycles. The van der Waals surface area contributed by atoms with Gasteiger partial charge in [0.05, 0.1) is 19.3 Å². The molecule has 3 heterocycles. The lowest BCUT2D eigenvalue weighted by Crippen LogP contribution is -2.37. The van der Waals surface area contributed by atoms with Crippen molar-refractivity contribution in [3.8, 4) is 0 Å². The third kappa shape index (κ3) is 3.06. The maximum Gasteiger partial charge on any atom is 0.134 e. The minimum atomic E-state index is -0.184. The molecule has 24 heavy (non-hydrogen) atoms. The summed E-state index contributed by atoms with van der Waals surface area (Å²) in [6.45, 7) is 4.10. The van der Waals surface area contributed by atoms with E-state index in [-0.39, 0.29) is 11.9 Å². The van der Waals surface area contributed by atoms with Crippen LogP contribution in [0.25, 0.3) is 0 Å². The van der Waals surface area contributed by atoms with Crippen LogP contribution in [0.4, 0.5) is 16.0 Å². The van der Waals surface area contributed by atoms with E-state index in [1.807, 2.05) is 12.1 Å². The van der Waals surface area contributed by atoms with E-state index in [0.717, 1.165) is 62.9 Å². The van der Waals surface area contributed by atoms with E-state index in [9.17, 15) is 4.39 Å². The number of hydrogen-bond acceptors (Lipinski definition) is 5. The minimum Gasteiger partial charge on any atom is -0.378 e. The summed E-state index contributed by atoms with van der Waals surface area (Å²) < 4.78 is 19.0. The van der Waals surface area contributed by atoms with Crippen LogP contribution >= 0.6 is 0 Å². The van der Waals surface area contributed by atoms with Gasteiger partial charge >= 0.3 is 0 Å². The second-order valence-corrected chi connectivity index (χ2v) is 6.24. The molecule has 2 fully saturated rings. The number of halogens is 1. The van der Waals surface area contributed by atoms with Crippen molar-refractivity contribution in [1.82, 2.24) is 9.97 Å². The van der Waals surface area contributed by atoms with Gasteiger partial charge in [0.1, 0.15) is 23.8 Å². The van der Waals surface area contributed by atoms with Crippen LogP contribution in [0.5, 0.6) is 0 Å². The van der Waals surface area contributed by atoms with Crippen molar-refractivity contribution in [1.29, 1.82) is 0 Å². The van der Waals surface area contributed by atoms with Crippen LogP contribution in [0.1, 0.15) is 24.4 Å². The first-order valence-corrected chi connectivity index (χ1v) is 8.48. The number of ether oxygens (including phenoxy) is 1. The lowest BCUT2D eigenvalue weighted by Gasteiger charge is -2.30. The first-order valence-electron chi connectivity index (χ1n) is 8.48. The Morgan fingerprint density at radius 2 is 1.88 bits per heavy atom. The van der Waals surface area contributed by atoms with E-state index in [1.165, 1.54) is 6.07 Å². The summed E-state index contributed by atoms with van der Waals surface area (Å²) in [5, 5.41) is 0. The zero-order valence-corrected chi connectivity index (χ0v) is 13.6. The number of rotatable bonds is 3. The molecule has 0 saturated carbocycles. The fourth-order valence-corrected chi connectivity index (χ4v) is 3.56. The Bertz CT molecular complexity index is 705. The molecule has 0 aliphatic carbocycles. The number of nitrogens with zero attached hydrogens (tertiary/aromatic N) is 4. The van der Waals surface area contributed by atoms with Gasteiger partial charge in [0, 0.05) is 25.7 Å². The lowest BCUT2D eigenvalue weighted by atomic mass is 10.0. The van der Waals surface area contributed by atoms with Crippen molar-refractivity contribution in [2.45, 2.75) is 18.9 Å². The van der Waals surface area contributed by atoms with Gasteiger partial charge in [-0.1, -0.05) is 12.1 Å². The van der Waals surface area contributed by atoms with E-state index in [4.69, 9.17) is 4.74 Å². The molecule has 2 aliphatic rings. The van der Waals surface area contributed by atoms with Crippen LogP contribution in [-0.4, -0.2) is 42.8 Å². The van der Waals surface area contributed by atoms with Crippen LogP contribution in [-0.2, 0) is 4.74 Å². The summed E-state index contributed by atoms with van der Waals surface area (Å²) in [4.78, 5) is 13.4. The van der Waals surface area contributed by atoms with E-state index in [1.54, 1.807) is 18.5 Å². The van der Waals surface area contributed by atoms with Crippen LogP contribution in [0.15, 0.2) is 36.7 Å². The fraction of sp³-hybridized carbons (Fsp3) is 0.444. The van der Waals surface area contributed by atoms with E-state index in [0.29, 0.717) is 0 Å². The molecule has 1 aromatic carbocycles. The first-order chi connectivity index (χ1) is 11.8. The zero-order valence-electron chi connectivity index (χ0n) is 13.6. The predicted molar refractivity (Wildman–Crippen MR) is 90.8 cm³/mol. The highest BCUT2D eigenvalue weighted by Crippen LogP contribution is 2.36. The molecule has 0 bridgehead atoms. The van der Waals surface area contributed by atoms with Gasteiger partial charge in [0.15, 0.2) is 0 Å². The van der Waals surface area contributed by atoms with Crippen molar-refractivity contribution in [3.63, 3.8) is 0 Å². The molecule has 6 heteroatoms. The van der Waals surface area contributed by atoms with Crippen molar-refractivity contribution >= 4 is 11.6 Å². The number of anilines is 2. The Hall–Kier alpha value is -2.21. The normalized spacial score (nSPS) is 21.3. The standard InChI is InChI=1S/C18H21FN4O/c19-15-4-1-3-14(11-15)16-5-2-6-23(16)18-12-17(20-13-21-18)22-7-9-24-10-8-22/h1,3-4,11-13,16H,2,5-10H2. The smallest absolute Gasteiger partial charge is 0.134 e. The van der Waals surface area contributed by atoms with E-state index in [2.05, 4.69) is 19.8 Å². The van der Waals surface area contributed by atoms with Crippen molar-refractivity contribution in [2.24, 2.45) is 0 Å². The maximum absolute atomic E-state index is 13.6. The highest BCUT2D eigenvalue weighted by Gasteiger charge is 2.28. The Balaban J connectivity index is 1.60. The van der Waals surface area contributed by atoms with Gasteiger partial charge in [0.25, 0.3) is 0 Å². The molecule has 5 nitrogen and oxygen atoms in total. The summed E-state index contributed by atoms with van der Waals surface area (Å²) in [6.07, 6.45) is 3.72. The van der Waals surface area contributed by atoms with Gasteiger partial charge < -0.3 is 14.5 Å². The Morgan fingerprint density at radius 1 is 1.04 bits per heavy atom. The van der Waals surface area contributed by atoms with Gasteiger partial charge in [-0.3, -0.25) is 0 Å². The van der Waals surface area contributed by atoms with E-state index < -0.39 is 0 Å². The highest BCUT2D eigenvalue weighted by molar-refractivity contribution is 5.52. The summed E-state index contributed by atoms with van der Waals surface area (Å²) >= 11 is 0. The average molecular weight is 328 g/mol. The van der Waals surface area contributed by atoms with Crippen LogP contribution < -0.4 is 9.80 Å². The van der Waals surface area contributed by atoms with Gasteiger partial charge in [-0.15, -0.1) is 0 Å². The zero-order chi connectivity index (χ0) is 16.4. The van der Waals surface area contributed by atoms with Gasteiger partial charge in [-0.25, -0.2) is 14.4 Å². The molecule has 1 atom stereocenters. The minimum absolute atomic E-state index is 0.174. The summed E-state index contributed by atoms with van der Waals surface area (Å²) in [7, 11) is 0. The van der Waals surface area contributed by atoms with Gasteiger partial charge in [0.2, 0.25) is 0 Å². The van der Waals surface area contributed by atoms with Crippen molar-refractivity contribution < 1.29 is 9.13 Å². The summed E-state index contributed by atoms with van der Waals surface area (Å²) in [5.74, 6) is 1.67. The third-order valence-electron chi connectivity index (χ3n) is 4.75. The fourth-order valence-electron chi connectivity index (χ4n) is 3.56. The number of hydrogen-bond donors (Lipinski definition) is 0. The first kappa shape index (κ1) is 15.3.